The van der Waals surface area contributed by atoms with Crippen molar-refractivity contribution in [3.63, 3.8) is 0 Å². The van der Waals surface area contributed by atoms with Gasteiger partial charge in [-0.05, 0) is 43.7 Å². The van der Waals surface area contributed by atoms with Crippen LogP contribution in [-0.4, -0.2) is 21.8 Å². The number of rotatable bonds is 16. The van der Waals surface area contributed by atoms with E-state index in [2.05, 4.69) is 46.5 Å². The van der Waals surface area contributed by atoms with Gasteiger partial charge in [0.1, 0.15) is 0 Å². The van der Waals surface area contributed by atoms with Crippen molar-refractivity contribution in [3.05, 3.63) is 0 Å². The lowest BCUT2D eigenvalue weighted by Crippen LogP contribution is -2.41. The maximum Gasteiger partial charge on any atom is 0.337 e. The van der Waals surface area contributed by atoms with Crippen molar-refractivity contribution in [2.45, 2.75) is 111 Å². The zero-order valence-electron chi connectivity index (χ0n) is 17.8. The molecule has 0 aliphatic rings. The minimum Gasteiger partial charge on any atom is -0.394 e. The monoisotopic (exact) mass is 368 g/mol. The third-order valence-corrected chi connectivity index (χ3v) is 8.35. The van der Waals surface area contributed by atoms with Crippen LogP contribution >= 0.6 is 0 Å². The Labute approximate surface area is 159 Å². The highest BCUT2D eigenvalue weighted by molar-refractivity contribution is 6.67. The van der Waals surface area contributed by atoms with E-state index in [1.54, 1.807) is 0 Å². The second kappa shape index (κ2) is 17.1. The van der Waals surface area contributed by atoms with Crippen molar-refractivity contribution in [3.8, 4) is 11.8 Å². The van der Waals surface area contributed by atoms with Crippen molar-refractivity contribution in [1.82, 2.24) is 0 Å². The molecule has 0 aromatic heterocycles. The van der Waals surface area contributed by atoms with Crippen molar-refractivity contribution in [2.75, 3.05) is 13.2 Å². The van der Waals surface area contributed by atoms with Gasteiger partial charge in [-0.2, -0.15) is 0 Å². The van der Waals surface area contributed by atoms with Crippen LogP contribution in [0.25, 0.3) is 0 Å². The van der Waals surface area contributed by atoms with Gasteiger partial charge in [0, 0.05) is 26.1 Å². The standard InChI is InChI=1S/C22H44O2Si/c1-6-9-10-11-12-13-14-15-16-17-20-23-25(7-2,8-3)24-21-18-19-22(4)5/h22H,6-8,11-21H2,1-5H3. The van der Waals surface area contributed by atoms with Crippen LogP contribution in [0.15, 0.2) is 0 Å². The Bertz CT molecular complexity index is 340. The quantitative estimate of drug-likeness (QED) is 0.164. The summed E-state index contributed by atoms with van der Waals surface area (Å²) in [5.74, 6) is 7.13. The van der Waals surface area contributed by atoms with E-state index in [0.717, 1.165) is 44.1 Å². The fourth-order valence-electron chi connectivity index (χ4n) is 2.94. The van der Waals surface area contributed by atoms with Gasteiger partial charge >= 0.3 is 8.56 Å². The molecule has 0 aliphatic carbocycles. The second-order valence-corrected chi connectivity index (χ2v) is 11.2. The maximum absolute atomic E-state index is 6.31. The molecule has 0 bridgehead atoms. The van der Waals surface area contributed by atoms with Gasteiger partial charge in [0.25, 0.3) is 0 Å². The fraction of sp³-hybridized carbons (Fsp3) is 0.909. The van der Waals surface area contributed by atoms with Gasteiger partial charge in [-0.25, -0.2) is 0 Å². The number of unbranched alkanes of at least 4 members (excludes halogenated alkanes) is 6. The van der Waals surface area contributed by atoms with Crippen LogP contribution in [0.2, 0.25) is 12.1 Å². The van der Waals surface area contributed by atoms with E-state index in [9.17, 15) is 0 Å². The molecule has 0 N–H and O–H groups in total. The molecule has 0 fully saturated rings. The maximum atomic E-state index is 6.31. The predicted octanol–water partition coefficient (Wildman–Crippen LogP) is 7.08. The van der Waals surface area contributed by atoms with E-state index < -0.39 is 8.56 Å². The summed E-state index contributed by atoms with van der Waals surface area (Å²) in [6, 6.07) is 2.15. The Kier molecular flexibility index (Phi) is 16.9. The normalized spacial score (nSPS) is 11.6. The van der Waals surface area contributed by atoms with Gasteiger partial charge in [0.15, 0.2) is 0 Å². The molecular weight excluding hydrogens is 324 g/mol. The van der Waals surface area contributed by atoms with Gasteiger partial charge in [-0.3, -0.25) is 0 Å². The Morgan fingerprint density at radius 2 is 1.28 bits per heavy atom. The van der Waals surface area contributed by atoms with Gasteiger partial charge < -0.3 is 8.85 Å². The molecule has 0 spiro atoms. The minimum absolute atomic E-state index is 0.766. The molecule has 0 amide bonds. The lowest BCUT2D eigenvalue weighted by Gasteiger charge is -2.29. The van der Waals surface area contributed by atoms with E-state index in [1.165, 1.54) is 51.4 Å². The third-order valence-electron chi connectivity index (χ3n) is 4.73. The first-order chi connectivity index (χ1) is 12.1. The van der Waals surface area contributed by atoms with Crippen LogP contribution < -0.4 is 0 Å². The molecule has 2 nitrogen and oxygen atoms in total. The van der Waals surface area contributed by atoms with E-state index in [1.807, 2.05) is 0 Å². The summed E-state index contributed by atoms with van der Waals surface area (Å²) in [7, 11) is -1.92. The number of hydrogen-bond acceptors (Lipinski definition) is 2. The zero-order chi connectivity index (χ0) is 18.8. The van der Waals surface area contributed by atoms with Crippen LogP contribution in [0.1, 0.15) is 98.8 Å². The molecule has 0 saturated heterocycles. The molecule has 0 aromatic rings. The van der Waals surface area contributed by atoms with Crippen LogP contribution in [0.3, 0.4) is 0 Å². The van der Waals surface area contributed by atoms with Crippen LogP contribution in [0, 0.1) is 17.8 Å². The van der Waals surface area contributed by atoms with Gasteiger partial charge in [0.05, 0.1) is 0 Å². The second-order valence-electron chi connectivity index (χ2n) is 7.43. The van der Waals surface area contributed by atoms with E-state index in [0.29, 0.717) is 0 Å². The summed E-state index contributed by atoms with van der Waals surface area (Å²) < 4.78 is 12.6. The fourth-order valence-corrected chi connectivity index (χ4v) is 5.38. The van der Waals surface area contributed by atoms with Crippen LogP contribution in [-0.2, 0) is 8.85 Å². The number of hydrogen-bond donors (Lipinski definition) is 0. The SMILES string of the molecule is CCC#CCCCCCCCCO[Si](CC)(CC)OCCCC(C)C. The van der Waals surface area contributed by atoms with Gasteiger partial charge in [-0.1, -0.05) is 60.3 Å². The summed E-state index contributed by atoms with van der Waals surface area (Å²) >= 11 is 0. The molecule has 3 heteroatoms. The summed E-state index contributed by atoms with van der Waals surface area (Å²) in [6.45, 7) is 12.9. The van der Waals surface area contributed by atoms with Crippen LogP contribution in [0.5, 0.6) is 0 Å². The lowest BCUT2D eigenvalue weighted by atomic mass is 10.1. The Hall–Kier alpha value is -0.303. The topological polar surface area (TPSA) is 18.5 Å². The average Bonchev–Trinajstić information content (AvgIpc) is 2.61. The molecule has 0 heterocycles. The summed E-state index contributed by atoms with van der Waals surface area (Å²) in [5, 5.41) is 0. The van der Waals surface area contributed by atoms with E-state index in [4.69, 9.17) is 8.85 Å². The highest BCUT2D eigenvalue weighted by Gasteiger charge is 2.33. The van der Waals surface area contributed by atoms with Gasteiger partial charge in [0.2, 0.25) is 0 Å². The summed E-state index contributed by atoms with van der Waals surface area (Å²) in [5.41, 5.74) is 0. The van der Waals surface area contributed by atoms with Crippen LogP contribution in [0.4, 0.5) is 0 Å². The average molecular weight is 369 g/mol. The largest absolute Gasteiger partial charge is 0.394 e. The van der Waals surface area contributed by atoms with Crippen molar-refractivity contribution in [1.29, 1.82) is 0 Å². The smallest absolute Gasteiger partial charge is 0.337 e. The summed E-state index contributed by atoms with van der Waals surface area (Å²) in [4.78, 5) is 0. The first kappa shape index (κ1) is 24.7. The van der Waals surface area contributed by atoms with E-state index in [-0.39, 0.29) is 0 Å². The Morgan fingerprint density at radius 1 is 0.720 bits per heavy atom. The first-order valence-electron chi connectivity index (χ1n) is 10.8. The molecular formula is C22H44O2Si. The highest BCUT2D eigenvalue weighted by atomic mass is 28.4. The molecule has 0 saturated carbocycles. The summed E-state index contributed by atoms with van der Waals surface area (Å²) in [6.07, 6.45) is 12.2. The molecule has 0 unspecified atom stereocenters. The van der Waals surface area contributed by atoms with Crippen molar-refractivity contribution >= 4 is 8.56 Å². The minimum atomic E-state index is -1.92. The zero-order valence-corrected chi connectivity index (χ0v) is 18.8. The molecule has 0 atom stereocenters. The van der Waals surface area contributed by atoms with Crippen molar-refractivity contribution in [2.24, 2.45) is 5.92 Å². The Morgan fingerprint density at radius 3 is 1.84 bits per heavy atom. The Balaban J connectivity index is 3.71. The van der Waals surface area contributed by atoms with Gasteiger partial charge in [-0.15, -0.1) is 11.8 Å². The molecule has 0 aliphatic heterocycles. The molecule has 25 heavy (non-hydrogen) atoms. The molecule has 148 valence electrons. The third kappa shape index (κ3) is 14.5. The predicted molar refractivity (Wildman–Crippen MR) is 113 cm³/mol. The molecule has 0 rings (SSSR count). The lowest BCUT2D eigenvalue weighted by molar-refractivity contribution is 0.161. The molecule has 0 aromatic carbocycles. The van der Waals surface area contributed by atoms with Crippen molar-refractivity contribution < 1.29 is 8.85 Å². The highest BCUT2D eigenvalue weighted by Crippen LogP contribution is 2.20. The van der Waals surface area contributed by atoms with E-state index >= 15 is 0 Å². The first-order valence-corrected chi connectivity index (χ1v) is 13.1. The molecule has 0 radical (unpaired) electrons.